The molecule has 2 aromatic carbocycles. The molecule has 2 aliphatic heterocycles. The van der Waals surface area contributed by atoms with E-state index in [-0.39, 0.29) is 38.6 Å². The number of aromatic nitrogens is 4. The van der Waals surface area contributed by atoms with Crippen molar-refractivity contribution in [1.82, 2.24) is 40.4 Å². The number of hydrogen-bond acceptors (Lipinski definition) is 8. The molecule has 4 aromatic rings. The summed E-state index contributed by atoms with van der Waals surface area (Å²) in [5, 5.41) is 5.38. The number of hydrogen-bond donors (Lipinski definition) is 4. The van der Waals surface area contributed by atoms with Crippen molar-refractivity contribution in [3.05, 3.63) is 72.6 Å². The first kappa shape index (κ1) is 38.1. The molecule has 6 rings (SSSR count). The zero-order chi connectivity index (χ0) is 38.5. The molecule has 2 aliphatic rings. The highest BCUT2D eigenvalue weighted by atomic mass is 16.5. The first-order chi connectivity index (χ1) is 26.0. The number of carbonyl (C=O) groups excluding carboxylic acids is 4. The minimum absolute atomic E-state index is 0. The van der Waals surface area contributed by atoms with Gasteiger partial charge in [-0.1, -0.05) is 76.2 Å². The van der Waals surface area contributed by atoms with Crippen LogP contribution in [0.3, 0.4) is 0 Å². The van der Waals surface area contributed by atoms with Crippen molar-refractivity contribution < 1.29 is 31.5 Å². The summed E-state index contributed by atoms with van der Waals surface area (Å²) in [6.45, 7) is 8.78. The van der Waals surface area contributed by atoms with Crippen LogP contribution >= 0.6 is 0 Å². The number of rotatable bonds is 11. The van der Waals surface area contributed by atoms with Crippen molar-refractivity contribution >= 4 is 24.0 Å². The normalized spacial score (nSPS) is 18.1. The van der Waals surface area contributed by atoms with Crippen LogP contribution in [0.15, 0.2) is 60.9 Å². The molecule has 4 amide bonds. The van der Waals surface area contributed by atoms with E-state index in [0.29, 0.717) is 13.1 Å². The van der Waals surface area contributed by atoms with Crippen LogP contribution in [0.2, 0.25) is 0 Å². The largest absolute Gasteiger partial charge is 1.00 e. The van der Waals surface area contributed by atoms with Crippen molar-refractivity contribution in [2.45, 2.75) is 77.5 Å². The zero-order valence-corrected chi connectivity index (χ0v) is 31.7. The number of methoxy groups -OCH3 is 2. The lowest BCUT2D eigenvalue weighted by molar-refractivity contribution is -0.136. The van der Waals surface area contributed by atoms with E-state index in [4.69, 9.17) is 9.47 Å². The minimum Gasteiger partial charge on any atom is -0.453 e. The number of alkyl carbamates (subject to hydrolysis) is 2. The standard InChI is InChI=1S/C40H50N8O6/c1-23(2)33(45-39(51)53-5)37(49)47-19-7-9-31(47)35-41-21-29(43-35)27-15-11-25(12-16-27)26-13-17-28(18-14-26)30-22-42-36(44-30)32-10-8-20-48(32)38(50)34(24(3)4)46-40(52)54-6/h11-18,21-24,31-34H,7-10,19-20H2,1-6H3,(H,41,43)(H,42,44)(H,45,51)(H,46,52)/p+2/t31-,32-,33-,34-/m0/s1. The Morgan fingerprint density at radius 1 is 0.648 bits per heavy atom. The summed E-state index contributed by atoms with van der Waals surface area (Å²) in [6.07, 6.45) is 5.61. The Bertz CT molecular complexity index is 1810. The van der Waals surface area contributed by atoms with Gasteiger partial charge in [0, 0.05) is 13.1 Å². The number of nitrogens with one attached hydrogen (secondary N) is 4. The Labute approximate surface area is 318 Å². The summed E-state index contributed by atoms with van der Waals surface area (Å²) >= 11 is 0. The van der Waals surface area contributed by atoms with E-state index in [2.05, 4.69) is 54.8 Å². The summed E-state index contributed by atoms with van der Waals surface area (Å²) in [4.78, 5) is 70.7. The smallest absolute Gasteiger partial charge is 0.453 e. The van der Waals surface area contributed by atoms with E-state index in [1.807, 2.05) is 52.0 Å². The van der Waals surface area contributed by atoms with E-state index < -0.39 is 24.3 Å². The molecule has 0 spiro atoms. The number of ether oxygens (including phenoxy) is 2. The van der Waals surface area contributed by atoms with Gasteiger partial charge in [-0.2, -0.15) is 0 Å². The number of aromatic amines is 2. The van der Waals surface area contributed by atoms with Gasteiger partial charge in [0.15, 0.2) is 0 Å². The van der Waals surface area contributed by atoms with Crippen molar-refractivity contribution in [2.24, 2.45) is 11.8 Å². The molecule has 0 saturated carbocycles. The van der Waals surface area contributed by atoms with Crippen molar-refractivity contribution in [2.75, 3.05) is 27.3 Å². The third-order valence-electron chi connectivity index (χ3n) is 10.4. The predicted octanol–water partition coefficient (Wildman–Crippen LogP) is 6.45. The second-order valence-corrected chi connectivity index (χ2v) is 14.6. The van der Waals surface area contributed by atoms with E-state index >= 15 is 0 Å². The van der Waals surface area contributed by atoms with E-state index in [0.717, 1.165) is 71.0 Å². The average molecular weight is 741 g/mol. The molecular weight excluding hydrogens is 688 g/mol. The van der Waals surface area contributed by atoms with Gasteiger partial charge in [0.05, 0.1) is 50.1 Å². The third-order valence-corrected chi connectivity index (χ3v) is 10.4. The second-order valence-electron chi connectivity index (χ2n) is 14.6. The highest BCUT2D eigenvalue weighted by Gasteiger charge is 2.39. The van der Waals surface area contributed by atoms with E-state index in [1.165, 1.54) is 14.2 Å². The maximum Gasteiger partial charge on any atom is 1.00 e. The van der Waals surface area contributed by atoms with Gasteiger partial charge in [-0.05, 0) is 59.8 Å². The van der Waals surface area contributed by atoms with Gasteiger partial charge in [0.1, 0.15) is 23.7 Å². The number of carbonyl (C=O) groups is 4. The van der Waals surface area contributed by atoms with Gasteiger partial charge in [0.2, 0.25) is 11.8 Å². The van der Waals surface area contributed by atoms with Gasteiger partial charge in [0.25, 0.3) is 0 Å². The van der Waals surface area contributed by atoms with Crippen LogP contribution in [0, 0.1) is 11.8 Å². The Kier molecular flexibility index (Phi) is 11.7. The SMILES string of the molecule is COC(=O)N[C@H](C(=O)N1CCC[C@H]1c1ncc(-c2ccc(-c3ccc(-c4cnc([C@@H]5CCCN5C(=O)[C@@H](NC(=O)OC)C(C)C)[nH]4)cc3)cc2)[nH]1)C(C)C.[H+].[H+]. The lowest BCUT2D eigenvalue weighted by Gasteiger charge is -2.30. The summed E-state index contributed by atoms with van der Waals surface area (Å²) in [5.41, 5.74) is 5.78. The Hall–Kier alpha value is -5.66. The molecular formula is C40H52N8O6+2. The molecule has 0 unspecified atom stereocenters. The fourth-order valence-corrected chi connectivity index (χ4v) is 7.38. The highest BCUT2D eigenvalue weighted by Crippen LogP contribution is 2.35. The van der Waals surface area contributed by atoms with Crippen molar-refractivity contribution in [3.8, 4) is 33.6 Å². The van der Waals surface area contributed by atoms with Gasteiger partial charge in [-0.25, -0.2) is 19.6 Å². The molecule has 2 saturated heterocycles. The van der Waals surface area contributed by atoms with Crippen LogP contribution in [-0.4, -0.2) is 93.1 Å². The fourth-order valence-electron chi connectivity index (χ4n) is 7.38. The monoisotopic (exact) mass is 740 g/mol. The fraction of sp³-hybridized carbons (Fsp3) is 0.450. The first-order valence-electron chi connectivity index (χ1n) is 18.6. The van der Waals surface area contributed by atoms with Gasteiger partial charge in [-0.3, -0.25) is 9.59 Å². The molecule has 0 radical (unpaired) electrons. The van der Waals surface area contributed by atoms with E-state index in [1.54, 1.807) is 22.2 Å². The maximum absolute atomic E-state index is 13.5. The maximum atomic E-state index is 13.5. The predicted molar refractivity (Wildman–Crippen MR) is 205 cm³/mol. The molecule has 4 atom stereocenters. The van der Waals surface area contributed by atoms with Crippen LogP contribution in [-0.2, 0) is 19.1 Å². The quantitative estimate of drug-likeness (QED) is 0.136. The topological polar surface area (TPSA) is 175 Å². The lowest BCUT2D eigenvalue weighted by Crippen LogP contribution is -2.51. The average Bonchev–Trinajstić information content (AvgIpc) is 4.02. The van der Waals surface area contributed by atoms with Gasteiger partial charge < -0.3 is 39.9 Å². The molecule has 2 fully saturated rings. The number of imidazole rings is 2. The first-order valence-corrected chi connectivity index (χ1v) is 18.6. The van der Waals surface area contributed by atoms with Gasteiger partial charge in [-0.15, -0.1) is 0 Å². The van der Waals surface area contributed by atoms with Crippen LogP contribution in [0.5, 0.6) is 0 Å². The Morgan fingerprint density at radius 3 is 1.33 bits per heavy atom. The Morgan fingerprint density at radius 2 is 1.00 bits per heavy atom. The van der Waals surface area contributed by atoms with Crippen LogP contribution in [0.1, 0.15) is 80.0 Å². The number of likely N-dealkylation sites (tertiary alicyclic amines) is 2. The Balaban J connectivity index is 0.00000348. The molecule has 14 heteroatoms. The molecule has 0 aliphatic carbocycles. The number of amides is 4. The lowest BCUT2D eigenvalue weighted by atomic mass is 10.0. The molecule has 4 N–H and O–H groups in total. The van der Waals surface area contributed by atoms with Gasteiger partial charge >= 0.3 is 15.0 Å². The zero-order valence-electron chi connectivity index (χ0n) is 33.7. The summed E-state index contributed by atoms with van der Waals surface area (Å²) < 4.78 is 9.50. The third kappa shape index (κ3) is 8.12. The van der Waals surface area contributed by atoms with E-state index in [9.17, 15) is 19.2 Å². The molecule has 4 heterocycles. The second kappa shape index (κ2) is 16.6. The minimum atomic E-state index is -0.687. The molecule has 2 aromatic heterocycles. The molecule has 54 heavy (non-hydrogen) atoms. The van der Waals surface area contributed by atoms with Crippen molar-refractivity contribution in [3.63, 3.8) is 0 Å². The highest BCUT2D eigenvalue weighted by molar-refractivity contribution is 5.87. The number of nitrogens with zero attached hydrogens (tertiary/aromatic N) is 4. The summed E-state index contributed by atoms with van der Waals surface area (Å²) in [7, 11) is 2.58. The number of H-pyrrole nitrogens is 2. The van der Waals surface area contributed by atoms with Crippen LogP contribution in [0.4, 0.5) is 9.59 Å². The molecule has 286 valence electrons. The summed E-state index contributed by atoms with van der Waals surface area (Å²) in [6, 6.07) is 14.7. The summed E-state index contributed by atoms with van der Waals surface area (Å²) in [5.74, 6) is 0.955. The number of benzene rings is 2. The molecule has 0 bridgehead atoms. The van der Waals surface area contributed by atoms with Crippen LogP contribution in [0.25, 0.3) is 33.6 Å². The van der Waals surface area contributed by atoms with Crippen LogP contribution < -0.4 is 10.6 Å². The van der Waals surface area contributed by atoms with Crippen molar-refractivity contribution in [1.29, 1.82) is 0 Å². The molecule has 14 nitrogen and oxygen atoms in total.